The van der Waals surface area contributed by atoms with E-state index in [1.165, 1.54) is 6.04 Å². The molecule has 1 heteroatoms. The molecular weight excluding hydrogens is 196 g/mol. The highest BCUT2D eigenvalue weighted by molar-refractivity contribution is 6.84. The van der Waals surface area contributed by atoms with Gasteiger partial charge in [0.2, 0.25) is 0 Å². The van der Waals surface area contributed by atoms with Gasteiger partial charge in [0, 0.05) is 0 Å². The molecule has 0 amide bonds. The van der Waals surface area contributed by atoms with Crippen LogP contribution in [0.1, 0.15) is 62.3 Å². The minimum Gasteiger partial charge on any atom is -0.0684 e. The lowest BCUT2D eigenvalue weighted by Gasteiger charge is -2.52. The Balaban J connectivity index is 5.26. The van der Waals surface area contributed by atoms with Crippen LogP contribution in [0.25, 0.3) is 0 Å². The molecule has 0 saturated heterocycles. The predicted molar refractivity (Wildman–Crippen MR) is 75.3 cm³/mol. The minimum atomic E-state index is -1.29. The van der Waals surface area contributed by atoms with Gasteiger partial charge in [-0.1, -0.05) is 74.9 Å². The third-order valence-electron chi connectivity index (χ3n) is 4.19. The van der Waals surface area contributed by atoms with E-state index in [1.807, 2.05) is 0 Å². The Morgan fingerprint density at radius 1 is 0.667 bits per heavy atom. The molecule has 0 nitrogen and oxygen atoms in total. The van der Waals surface area contributed by atoms with Crippen LogP contribution in [0.15, 0.2) is 0 Å². The van der Waals surface area contributed by atoms with Crippen molar-refractivity contribution in [3.8, 4) is 0 Å². The normalized spacial score (nSPS) is 15.6. The molecule has 0 aliphatic carbocycles. The third kappa shape index (κ3) is 3.62. The molecular formula is C14H32Si. The van der Waals surface area contributed by atoms with Crippen molar-refractivity contribution in [1.82, 2.24) is 0 Å². The van der Waals surface area contributed by atoms with Crippen molar-refractivity contribution in [2.75, 3.05) is 0 Å². The van der Waals surface area contributed by atoms with Crippen molar-refractivity contribution >= 4 is 8.07 Å². The highest BCUT2D eigenvalue weighted by Gasteiger charge is 2.50. The van der Waals surface area contributed by atoms with Gasteiger partial charge in [0.15, 0.2) is 0 Å². The quantitative estimate of drug-likeness (QED) is 0.504. The molecule has 0 aliphatic rings. The Morgan fingerprint density at radius 2 is 0.933 bits per heavy atom. The Bertz CT molecular complexity index is 193. The smallest absolute Gasteiger partial charge is 0.0617 e. The summed E-state index contributed by atoms with van der Waals surface area (Å²) in [6, 6.07) is 1.41. The zero-order chi connectivity index (χ0) is 12.7. The zero-order valence-electron chi connectivity index (χ0n) is 12.7. The fourth-order valence-corrected chi connectivity index (χ4v) is 8.15. The standard InChI is InChI=1S/C14H32Si/c1-12(2,3)11-15(10,13(4,5)6)14(7,8)9/h11H2,1-10H3. The summed E-state index contributed by atoms with van der Waals surface area (Å²) in [7, 11) is -1.29. The van der Waals surface area contributed by atoms with Crippen LogP contribution in [0.2, 0.25) is 22.7 Å². The molecule has 0 spiro atoms. The highest BCUT2D eigenvalue weighted by atomic mass is 28.3. The second-order valence-electron chi connectivity index (χ2n) is 8.57. The van der Waals surface area contributed by atoms with E-state index in [9.17, 15) is 0 Å². The van der Waals surface area contributed by atoms with Crippen molar-refractivity contribution in [2.24, 2.45) is 5.41 Å². The van der Waals surface area contributed by atoms with Crippen molar-refractivity contribution in [3.63, 3.8) is 0 Å². The maximum Gasteiger partial charge on any atom is 0.0617 e. The van der Waals surface area contributed by atoms with Gasteiger partial charge in [-0.15, -0.1) is 0 Å². The summed E-state index contributed by atoms with van der Waals surface area (Å²) in [5, 5.41) is 0.969. The number of hydrogen-bond donors (Lipinski definition) is 0. The maximum atomic E-state index is 2.60. The minimum absolute atomic E-state index is 0.460. The first kappa shape index (κ1) is 15.2. The average molecular weight is 228 g/mol. The largest absolute Gasteiger partial charge is 0.0684 e. The van der Waals surface area contributed by atoms with Gasteiger partial charge < -0.3 is 0 Å². The summed E-state index contributed by atoms with van der Waals surface area (Å²) < 4.78 is 0. The molecule has 0 fully saturated rings. The zero-order valence-corrected chi connectivity index (χ0v) is 13.7. The van der Waals surface area contributed by atoms with Crippen LogP contribution in [0.3, 0.4) is 0 Å². The van der Waals surface area contributed by atoms with E-state index in [0.29, 0.717) is 15.5 Å². The first-order valence-corrected chi connectivity index (χ1v) is 8.91. The van der Waals surface area contributed by atoms with Crippen molar-refractivity contribution < 1.29 is 0 Å². The molecule has 0 aromatic heterocycles. The van der Waals surface area contributed by atoms with E-state index in [-0.39, 0.29) is 0 Å². The van der Waals surface area contributed by atoms with Crippen LogP contribution in [-0.2, 0) is 0 Å². The predicted octanol–water partition coefficient (Wildman–Crippen LogP) is 5.71. The van der Waals surface area contributed by atoms with Crippen molar-refractivity contribution in [1.29, 1.82) is 0 Å². The molecule has 0 aromatic carbocycles. The van der Waals surface area contributed by atoms with E-state index < -0.39 is 8.07 Å². The lowest BCUT2D eigenvalue weighted by molar-refractivity contribution is 0.438. The highest BCUT2D eigenvalue weighted by Crippen LogP contribution is 2.55. The van der Waals surface area contributed by atoms with Crippen LogP contribution in [-0.4, -0.2) is 8.07 Å². The molecule has 0 aliphatic heterocycles. The van der Waals surface area contributed by atoms with Crippen LogP contribution in [0, 0.1) is 5.41 Å². The molecule has 92 valence electrons. The van der Waals surface area contributed by atoms with Gasteiger partial charge in [-0.05, 0) is 15.5 Å². The third-order valence-corrected chi connectivity index (χ3v) is 12.6. The molecule has 0 bridgehead atoms. The van der Waals surface area contributed by atoms with E-state index >= 15 is 0 Å². The molecule has 0 N–H and O–H groups in total. The van der Waals surface area contributed by atoms with E-state index in [4.69, 9.17) is 0 Å². The molecule has 0 saturated carbocycles. The molecule has 15 heavy (non-hydrogen) atoms. The Labute approximate surface area is 98.9 Å². The Kier molecular flexibility index (Phi) is 3.96. The van der Waals surface area contributed by atoms with Gasteiger partial charge in [0.25, 0.3) is 0 Å². The van der Waals surface area contributed by atoms with Crippen LogP contribution < -0.4 is 0 Å². The second kappa shape index (κ2) is 3.91. The first-order valence-electron chi connectivity index (χ1n) is 6.21. The Morgan fingerprint density at radius 3 is 1.00 bits per heavy atom. The second-order valence-corrected chi connectivity index (χ2v) is 14.6. The summed E-state index contributed by atoms with van der Waals surface area (Å²) in [6.07, 6.45) is 0. The summed E-state index contributed by atoms with van der Waals surface area (Å²) in [5.74, 6) is 0. The summed E-state index contributed by atoms with van der Waals surface area (Å²) >= 11 is 0. The summed E-state index contributed by atoms with van der Waals surface area (Å²) in [4.78, 5) is 0. The number of hydrogen-bond acceptors (Lipinski definition) is 0. The molecule has 0 atom stereocenters. The molecule has 0 rings (SSSR count). The molecule has 0 aromatic rings. The van der Waals surface area contributed by atoms with Crippen molar-refractivity contribution in [2.45, 2.75) is 85.0 Å². The monoisotopic (exact) mass is 228 g/mol. The SMILES string of the molecule is CC(C)(C)C[Si](C)(C(C)(C)C)C(C)(C)C. The van der Waals surface area contributed by atoms with Gasteiger partial charge in [-0.3, -0.25) is 0 Å². The van der Waals surface area contributed by atoms with Crippen LogP contribution in [0.4, 0.5) is 0 Å². The number of rotatable bonds is 1. The summed E-state index contributed by atoms with van der Waals surface area (Å²) in [6.45, 7) is 24.4. The average Bonchev–Trinajstić information content (AvgIpc) is 1.77. The lowest BCUT2D eigenvalue weighted by Crippen LogP contribution is -2.51. The Hall–Kier alpha value is 0.217. The van der Waals surface area contributed by atoms with Gasteiger partial charge in [0.1, 0.15) is 0 Å². The van der Waals surface area contributed by atoms with Crippen LogP contribution in [0.5, 0.6) is 0 Å². The molecule has 0 unspecified atom stereocenters. The molecule has 0 radical (unpaired) electrons. The topological polar surface area (TPSA) is 0 Å². The van der Waals surface area contributed by atoms with Gasteiger partial charge in [-0.25, -0.2) is 0 Å². The fourth-order valence-electron chi connectivity index (χ4n) is 2.72. The van der Waals surface area contributed by atoms with Crippen molar-refractivity contribution in [3.05, 3.63) is 0 Å². The van der Waals surface area contributed by atoms with E-state index in [0.717, 1.165) is 0 Å². The first-order chi connectivity index (χ1) is 6.21. The van der Waals surface area contributed by atoms with E-state index in [1.54, 1.807) is 0 Å². The molecule has 0 heterocycles. The fraction of sp³-hybridized carbons (Fsp3) is 1.00. The van der Waals surface area contributed by atoms with Crippen LogP contribution >= 0.6 is 0 Å². The van der Waals surface area contributed by atoms with Gasteiger partial charge in [-0.2, -0.15) is 0 Å². The lowest BCUT2D eigenvalue weighted by atomic mass is 10.0. The summed E-state index contributed by atoms with van der Waals surface area (Å²) in [5.41, 5.74) is 0.460. The van der Waals surface area contributed by atoms with Gasteiger partial charge >= 0.3 is 0 Å². The van der Waals surface area contributed by atoms with E-state index in [2.05, 4.69) is 68.9 Å². The maximum absolute atomic E-state index is 2.60. The van der Waals surface area contributed by atoms with Gasteiger partial charge in [0.05, 0.1) is 8.07 Å².